The molecular formula is C21H35BrO. The van der Waals surface area contributed by atoms with Crippen molar-refractivity contribution in [3.8, 4) is 0 Å². The van der Waals surface area contributed by atoms with Gasteiger partial charge in [0.25, 0.3) is 0 Å². The molecule has 2 heteroatoms. The van der Waals surface area contributed by atoms with Crippen molar-refractivity contribution >= 4 is 15.9 Å². The van der Waals surface area contributed by atoms with Gasteiger partial charge >= 0.3 is 0 Å². The fourth-order valence-electron chi connectivity index (χ4n) is 7.98. The molecular weight excluding hydrogens is 348 g/mol. The summed E-state index contributed by atoms with van der Waals surface area (Å²) in [5, 5.41) is 12.4. The van der Waals surface area contributed by atoms with E-state index in [1.54, 1.807) is 0 Å². The number of aliphatic hydroxyl groups excluding tert-OH is 1. The van der Waals surface area contributed by atoms with Gasteiger partial charge in [0, 0.05) is 5.33 Å². The Morgan fingerprint density at radius 2 is 1.83 bits per heavy atom. The molecule has 8 atom stereocenters. The van der Waals surface area contributed by atoms with Crippen LogP contribution in [0.3, 0.4) is 0 Å². The molecule has 1 nitrogen and oxygen atoms in total. The Balaban J connectivity index is 1.64. The van der Waals surface area contributed by atoms with Crippen molar-refractivity contribution in [3.63, 3.8) is 0 Å². The standard InChI is InChI=1S/C21H35BrO/c1-20-11-4-3-5-14(20)6-8-16-17-9-7-15(10-12-22)21(17,2)19(23)13-18(16)20/h14-19,23H,3-13H2,1-2H3/t14-,15+,16?,17?,18?,19-,20-,21+/m0/s1. The second-order valence-electron chi connectivity index (χ2n) is 9.77. The zero-order valence-electron chi connectivity index (χ0n) is 15.1. The largest absolute Gasteiger partial charge is 0.393 e. The maximum atomic E-state index is 11.3. The topological polar surface area (TPSA) is 20.2 Å². The van der Waals surface area contributed by atoms with E-state index >= 15 is 0 Å². The van der Waals surface area contributed by atoms with Crippen LogP contribution in [-0.4, -0.2) is 16.5 Å². The van der Waals surface area contributed by atoms with Gasteiger partial charge in [0.2, 0.25) is 0 Å². The van der Waals surface area contributed by atoms with Crippen LogP contribution in [0.4, 0.5) is 0 Å². The molecule has 4 saturated carbocycles. The highest BCUT2D eigenvalue weighted by Crippen LogP contribution is 2.67. The molecule has 4 rings (SSSR count). The first kappa shape index (κ1) is 16.9. The van der Waals surface area contributed by atoms with Gasteiger partial charge in [-0.2, -0.15) is 0 Å². The monoisotopic (exact) mass is 382 g/mol. The summed E-state index contributed by atoms with van der Waals surface area (Å²) < 4.78 is 0. The number of rotatable bonds is 2. The molecule has 132 valence electrons. The molecule has 0 spiro atoms. The van der Waals surface area contributed by atoms with Gasteiger partial charge in [-0.1, -0.05) is 42.6 Å². The number of halogens is 1. The molecule has 0 aliphatic heterocycles. The molecule has 0 aromatic heterocycles. The van der Waals surface area contributed by atoms with Crippen LogP contribution in [0.25, 0.3) is 0 Å². The molecule has 3 unspecified atom stereocenters. The Morgan fingerprint density at radius 3 is 2.61 bits per heavy atom. The lowest BCUT2D eigenvalue weighted by molar-refractivity contribution is -0.163. The van der Waals surface area contributed by atoms with E-state index < -0.39 is 0 Å². The number of alkyl halides is 1. The van der Waals surface area contributed by atoms with Gasteiger partial charge in [-0.25, -0.2) is 0 Å². The van der Waals surface area contributed by atoms with Crippen LogP contribution >= 0.6 is 15.9 Å². The molecule has 0 aromatic rings. The normalized spacial score (nSPS) is 55.8. The highest BCUT2D eigenvalue weighted by molar-refractivity contribution is 9.09. The molecule has 23 heavy (non-hydrogen) atoms. The SMILES string of the molecule is C[C@]12C(CC[C@@H]1CCBr)C1CC[C@@H]3CCCC[C@]3(C)C1C[C@@H]2O. The van der Waals surface area contributed by atoms with Crippen molar-refractivity contribution in [2.75, 3.05) is 5.33 Å². The van der Waals surface area contributed by atoms with Crippen LogP contribution in [0, 0.1) is 40.4 Å². The van der Waals surface area contributed by atoms with Crippen molar-refractivity contribution in [2.24, 2.45) is 40.4 Å². The molecule has 0 aromatic carbocycles. The van der Waals surface area contributed by atoms with E-state index in [1.165, 1.54) is 57.8 Å². The first-order valence-corrected chi connectivity index (χ1v) is 11.4. The summed E-state index contributed by atoms with van der Waals surface area (Å²) in [6, 6.07) is 0. The van der Waals surface area contributed by atoms with Crippen LogP contribution in [0.1, 0.15) is 78.1 Å². The molecule has 4 aliphatic carbocycles. The van der Waals surface area contributed by atoms with E-state index in [0.717, 1.165) is 41.3 Å². The smallest absolute Gasteiger partial charge is 0.0602 e. The minimum atomic E-state index is -0.0576. The molecule has 0 heterocycles. The molecule has 0 radical (unpaired) electrons. The van der Waals surface area contributed by atoms with E-state index in [0.29, 0.717) is 5.41 Å². The van der Waals surface area contributed by atoms with Gasteiger partial charge in [-0.15, -0.1) is 0 Å². The Kier molecular flexibility index (Phi) is 4.41. The predicted octanol–water partition coefficient (Wildman–Crippen LogP) is 5.79. The second kappa shape index (κ2) is 6.01. The van der Waals surface area contributed by atoms with Gasteiger partial charge in [0.15, 0.2) is 0 Å². The van der Waals surface area contributed by atoms with Crippen molar-refractivity contribution in [1.29, 1.82) is 0 Å². The molecule has 0 bridgehead atoms. The summed E-state index contributed by atoms with van der Waals surface area (Å²) in [4.78, 5) is 0. The van der Waals surface area contributed by atoms with Crippen molar-refractivity contribution in [2.45, 2.75) is 84.2 Å². The summed E-state index contributed by atoms with van der Waals surface area (Å²) in [5.41, 5.74) is 0.740. The van der Waals surface area contributed by atoms with Crippen LogP contribution in [0.5, 0.6) is 0 Å². The van der Waals surface area contributed by atoms with Gasteiger partial charge in [0.1, 0.15) is 0 Å². The third-order valence-corrected chi connectivity index (χ3v) is 9.80. The Hall–Kier alpha value is 0.440. The quantitative estimate of drug-likeness (QED) is 0.598. The van der Waals surface area contributed by atoms with Crippen LogP contribution < -0.4 is 0 Å². The molecule has 0 saturated heterocycles. The predicted molar refractivity (Wildman–Crippen MR) is 99.6 cm³/mol. The maximum Gasteiger partial charge on any atom is 0.0602 e. The zero-order valence-corrected chi connectivity index (χ0v) is 16.7. The third-order valence-electron chi connectivity index (χ3n) is 9.34. The van der Waals surface area contributed by atoms with E-state index in [2.05, 4.69) is 29.8 Å². The lowest BCUT2D eigenvalue weighted by Gasteiger charge is -2.62. The average Bonchev–Trinajstić information content (AvgIpc) is 2.87. The summed E-state index contributed by atoms with van der Waals surface area (Å²) >= 11 is 3.66. The first-order valence-electron chi connectivity index (χ1n) is 10.3. The van der Waals surface area contributed by atoms with E-state index in [9.17, 15) is 5.11 Å². The molecule has 4 aliphatic rings. The maximum absolute atomic E-state index is 11.3. The fourth-order valence-corrected chi connectivity index (χ4v) is 8.54. The van der Waals surface area contributed by atoms with Crippen LogP contribution in [0.2, 0.25) is 0 Å². The number of fused-ring (bicyclic) bond motifs is 5. The summed E-state index contributed by atoms with van der Waals surface area (Å²) in [5.74, 6) is 4.19. The summed E-state index contributed by atoms with van der Waals surface area (Å²) in [6.45, 7) is 5.06. The summed E-state index contributed by atoms with van der Waals surface area (Å²) in [7, 11) is 0. The summed E-state index contributed by atoms with van der Waals surface area (Å²) in [6.07, 6.45) is 13.7. The second-order valence-corrected chi connectivity index (χ2v) is 10.6. The minimum absolute atomic E-state index is 0.0576. The van der Waals surface area contributed by atoms with E-state index in [-0.39, 0.29) is 11.5 Å². The lowest BCUT2D eigenvalue weighted by Crippen LogP contribution is -2.57. The Bertz CT molecular complexity index is 451. The average molecular weight is 383 g/mol. The van der Waals surface area contributed by atoms with Gasteiger partial charge in [-0.05, 0) is 91.8 Å². The zero-order chi connectivity index (χ0) is 16.2. The van der Waals surface area contributed by atoms with Crippen molar-refractivity contribution in [1.82, 2.24) is 0 Å². The van der Waals surface area contributed by atoms with Gasteiger partial charge in [0.05, 0.1) is 6.10 Å². The highest BCUT2D eigenvalue weighted by Gasteiger charge is 2.62. The Morgan fingerprint density at radius 1 is 1.00 bits per heavy atom. The van der Waals surface area contributed by atoms with Crippen molar-refractivity contribution < 1.29 is 5.11 Å². The minimum Gasteiger partial charge on any atom is -0.393 e. The highest BCUT2D eigenvalue weighted by atomic mass is 79.9. The lowest BCUT2D eigenvalue weighted by atomic mass is 9.44. The Labute approximate surface area is 151 Å². The third kappa shape index (κ3) is 2.33. The van der Waals surface area contributed by atoms with Gasteiger partial charge < -0.3 is 5.11 Å². The van der Waals surface area contributed by atoms with Crippen molar-refractivity contribution in [3.05, 3.63) is 0 Å². The molecule has 0 amide bonds. The van der Waals surface area contributed by atoms with E-state index in [4.69, 9.17) is 0 Å². The number of hydrogen-bond acceptors (Lipinski definition) is 1. The molecule has 1 N–H and O–H groups in total. The van der Waals surface area contributed by atoms with E-state index in [1.807, 2.05) is 0 Å². The van der Waals surface area contributed by atoms with Crippen LogP contribution in [-0.2, 0) is 0 Å². The van der Waals surface area contributed by atoms with Crippen LogP contribution in [0.15, 0.2) is 0 Å². The number of aliphatic hydroxyl groups is 1. The molecule has 4 fully saturated rings. The fraction of sp³-hybridized carbons (Fsp3) is 1.00. The van der Waals surface area contributed by atoms with Gasteiger partial charge in [-0.3, -0.25) is 0 Å². The first-order chi connectivity index (χ1) is 11.0. The number of hydrogen-bond donors (Lipinski definition) is 1.